The van der Waals surface area contributed by atoms with Gasteiger partial charge >= 0.3 is 0 Å². The first-order chi connectivity index (χ1) is 7.16. The van der Waals surface area contributed by atoms with Crippen LogP contribution in [-0.4, -0.2) is 11.7 Å². The summed E-state index contributed by atoms with van der Waals surface area (Å²) in [5.41, 5.74) is 2.64. The van der Waals surface area contributed by atoms with Crippen LogP contribution >= 0.6 is 12.4 Å². The molecule has 2 rings (SSSR count). The Kier molecular flexibility index (Phi) is 4.07. The van der Waals surface area contributed by atoms with Crippen molar-refractivity contribution in [3.8, 4) is 0 Å². The van der Waals surface area contributed by atoms with Crippen molar-refractivity contribution >= 4 is 29.8 Å². The highest BCUT2D eigenvalue weighted by atomic mass is 35.5. The molecule has 1 aliphatic carbocycles. The van der Waals surface area contributed by atoms with Gasteiger partial charge in [0.1, 0.15) is 0 Å². The van der Waals surface area contributed by atoms with Crippen LogP contribution in [0.15, 0.2) is 18.2 Å². The molecule has 1 aromatic rings. The Morgan fingerprint density at radius 2 is 2.06 bits per heavy atom. The van der Waals surface area contributed by atoms with Crippen LogP contribution in [0.4, 0.5) is 5.69 Å². The number of Topliss-reactive ketones (excluding diaryl/α,β-unsaturated/α-hetero) is 1. The van der Waals surface area contributed by atoms with E-state index in [-0.39, 0.29) is 24.1 Å². The fourth-order valence-corrected chi connectivity index (χ4v) is 1.93. The topological polar surface area (TPSA) is 46.2 Å². The number of hydrogen-bond acceptors (Lipinski definition) is 2. The van der Waals surface area contributed by atoms with Crippen molar-refractivity contribution in [2.75, 3.05) is 5.32 Å². The van der Waals surface area contributed by atoms with Gasteiger partial charge in [-0.15, -0.1) is 12.4 Å². The molecule has 1 N–H and O–H groups in total. The Morgan fingerprint density at radius 1 is 1.31 bits per heavy atom. The summed E-state index contributed by atoms with van der Waals surface area (Å²) in [6, 6.07) is 5.49. The molecule has 0 spiro atoms. The van der Waals surface area contributed by atoms with E-state index in [1.54, 1.807) is 6.07 Å². The normalized spacial score (nSPS) is 13.7. The second-order valence-electron chi connectivity index (χ2n) is 3.83. The molecule has 0 atom stereocenters. The number of anilines is 1. The predicted molar refractivity (Wildman–Crippen MR) is 65.3 cm³/mol. The van der Waals surface area contributed by atoms with Gasteiger partial charge in [0, 0.05) is 24.6 Å². The van der Waals surface area contributed by atoms with Gasteiger partial charge in [-0.25, -0.2) is 0 Å². The Balaban J connectivity index is 0.00000128. The standard InChI is InChI=1S/C12H13NO2.ClH/c1-8(14)13-10-5-6-11-9(7-10)3-2-4-12(11)15;/h5-7H,2-4H2,1H3,(H,13,14);1H. The molecular formula is C12H14ClNO2. The van der Waals surface area contributed by atoms with Gasteiger partial charge in [0.05, 0.1) is 0 Å². The zero-order valence-electron chi connectivity index (χ0n) is 9.08. The molecule has 0 heterocycles. The minimum atomic E-state index is -0.0860. The van der Waals surface area contributed by atoms with Crippen molar-refractivity contribution in [1.29, 1.82) is 0 Å². The van der Waals surface area contributed by atoms with Crippen LogP contribution in [-0.2, 0) is 11.2 Å². The molecule has 0 saturated carbocycles. The van der Waals surface area contributed by atoms with E-state index in [2.05, 4.69) is 5.32 Å². The SMILES string of the molecule is CC(=O)Nc1ccc2c(c1)CCCC2=O.Cl. The number of benzene rings is 1. The van der Waals surface area contributed by atoms with E-state index in [0.717, 1.165) is 29.7 Å². The fraction of sp³-hybridized carbons (Fsp3) is 0.333. The van der Waals surface area contributed by atoms with Crippen LogP contribution < -0.4 is 5.32 Å². The van der Waals surface area contributed by atoms with Crippen LogP contribution in [0.5, 0.6) is 0 Å². The Hall–Kier alpha value is -1.35. The van der Waals surface area contributed by atoms with Crippen molar-refractivity contribution in [2.45, 2.75) is 26.2 Å². The summed E-state index contributed by atoms with van der Waals surface area (Å²) in [6.45, 7) is 1.48. The van der Waals surface area contributed by atoms with Gasteiger partial charge in [-0.3, -0.25) is 9.59 Å². The van der Waals surface area contributed by atoms with Gasteiger partial charge in [0.2, 0.25) is 5.91 Å². The van der Waals surface area contributed by atoms with Gasteiger partial charge in [0.15, 0.2) is 5.78 Å². The van der Waals surface area contributed by atoms with E-state index in [9.17, 15) is 9.59 Å². The number of hydrogen-bond donors (Lipinski definition) is 1. The number of nitrogens with one attached hydrogen (secondary N) is 1. The maximum atomic E-state index is 11.5. The predicted octanol–water partition coefficient (Wildman–Crippen LogP) is 2.59. The lowest BCUT2D eigenvalue weighted by molar-refractivity contribution is -0.114. The number of aryl methyl sites for hydroxylation is 1. The van der Waals surface area contributed by atoms with E-state index in [0.29, 0.717) is 6.42 Å². The van der Waals surface area contributed by atoms with Crippen LogP contribution in [0.1, 0.15) is 35.7 Å². The van der Waals surface area contributed by atoms with E-state index >= 15 is 0 Å². The van der Waals surface area contributed by atoms with Crippen molar-refractivity contribution in [3.63, 3.8) is 0 Å². The highest BCUT2D eigenvalue weighted by Gasteiger charge is 2.16. The second kappa shape index (κ2) is 5.12. The first-order valence-corrected chi connectivity index (χ1v) is 5.10. The summed E-state index contributed by atoms with van der Waals surface area (Å²) >= 11 is 0. The number of halogens is 1. The van der Waals surface area contributed by atoms with E-state index < -0.39 is 0 Å². The third-order valence-electron chi connectivity index (χ3n) is 2.58. The fourth-order valence-electron chi connectivity index (χ4n) is 1.93. The molecular weight excluding hydrogens is 226 g/mol. The average Bonchev–Trinajstić information content (AvgIpc) is 2.17. The van der Waals surface area contributed by atoms with Crippen LogP contribution in [0.2, 0.25) is 0 Å². The molecule has 1 aromatic carbocycles. The van der Waals surface area contributed by atoms with Crippen molar-refractivity contribution in [1.82, 2.24) is 0 Å². The molecule has 86 valence electrons. The molecule has 16 heavy (non-hydrogen) atoms. The lowest BCUT2D eigenvalue weighted by atomic mass is 9.90. The summed E-state index contributed by atoms with van der Waals surface area (Å²) in [4.78, 5) is 22.4. The summed E-state index contributed by atoms with van der Waals surface area (Å²) in [5.74, 6) is 0.128. The minimum Gasteiger partial charge on any atom is -0.326 e. The summed E-state index contributed by atoms with van der Waals surface area (Å²) in [6.07, 6.45) is 2.48. The van der Waals surface area contributed by atoms with Gasteiger partial charge in [-0.05, 0) is 36.6 Å². The van der Waals surface area contributed by atoms with E-state index in [4.69, 9.17) is 0 Å². The Morgan fingerprint density at radius 3 is 2.75 bits per heavy atom. The summed E-state index contributed by atoms with van der Waals surface area (Å²) in [7, 11) is 0. The number of fused-ring (bicyclic) bond motifs is 1. The molecule has 4 heteroatoms. The quantitative estimate of drug-likeness (QED) is 0.819. The molecule has 1 aliphatic rings. The van der Waals surface area contributed by atoms with E-state index in [1.165, 1.54) is 6.92 Å². The first kappa shape index (κ1) is 12.7. The molecule has 0 unspecified atom stereocenters. The third kappa shape index (κ3) is 2.61. The zero-order chi connectivity index (χ0) is 10.8. The van der Waals surface area contributed by atoms with Gasteiger partial charge in [0.25, 0.3) is 0 Å². The molecule has 0 aliphatic heterocycles. The Bertz CT molecular complexity index is 429. The molecule has 1 amide bonds. The second-order valence-corrected chi connectivity index (χ2v) is 3.83. The molecule has 0 aromatic heterocycles. The largest absolute Gasteiger partial charge is 0.326 e. The number of rotatable bonds is 1. The van der Waals surface area contributed by atoms with Crippen molar-refractivity contribution < 1.29 is 9.59 Å². The molecule has 0 fully saturated rings. The zero-order valence-corrected chi connectivity index (χ0v) is 9.89. The van der Waals surface area contributed by atoms with Crippen LogP contribution in [0.3, 0.4) is 0 Å². The smallest absolute Gasteiger partial charge is 0.221 e. The van der Waals surface area contributed by atoms with Crippen molar-refractivity contribution in [3.05, 3.63) is 29.3 Å². The lowest BCUT2D eigenvalue weighted by Crippen LogP contribution is -2.12. The van der Waals surface area contributed by atoms with E-state index in [1.807, 2.05) is 12.1 Å². The monoisotopic (exact) mass is 239 g/mol. The maximum Gasteiger partial charge on any atom is 0.221 e. The summed E-state index contributed by atoms with van der Waals surface area (Å²) in [5, 5.41) is 2.72. The highest BCUT2D eigenvalue weighted by Crippen LogP contribution is 2.24. The maximum absolute atomic E-state index is 11.5. The lowest BCUT2D eigenvalue weighted by Gasteiger charge is -2.15. The first-order valence-electron chi connectivity index (χ1n) is 5.10. The van der Waals surface area contributed by atoms with Crippen molar-refractivity contribution in [2.24, 2.45) is 0 Å². The van der Waals surface area contributed by atoms with Crippen LogP contribution in [0.25, 0.3) is 0 Å². The number of ketones is 1. The number of carbonyl (C=O) groups is 2. The molecule has 3 nitrogen and oxygen atoms in total. The minimum absolute atomic E-state index is 0. The highest BCUT2D eigenvalue weighted by molar-refractivity contribution is 5.99. The number of carbonyl (C=O) groups excluding carboxylic acids is 2. The number of amides is 1. The van der Waals surface area contributed by atoms with Crippen LogP contribution in [0, 0.1) is 0 Å². The summed E-state index contributed by atoms with van der Waals surface area (Å²) < 4.78 is 0. The average molecular weight is 240 g/mol. The van der Waals surface area contributed by atoms with Gasteiger partial charge in [-0.2, -0.15) is 0 Å². The van der Waals surface area contributed by atoms with Gasteiger partial charge in [-0.1, -0.05) is 0 Å². The molecule has 0 saturated heterocycles. The molecule has 0 radical (unpaired) electrons. The van der Waals surface area contributed by atoms with Gasteiger partial charge < -0.3 is 5.32 Å². The third-order valence-corrected chi connectivity index (χ3v) is 2.58. The Labute approximate surface area is 101 Å². The molecule has 0 bridgehead atoms.